The van der Waals surface area contributed by atoms with Gasteiger partial charge in [0, 0.05) is 45.0 Å². The Labute approximate surface area is 130 Å². The molecule has 3 heteroatoms. The first-order chi connectivity index (χ1) is 10.1. The molecule has 2 rings (SSSR count). The molecule has 1 aromatic rings. The lowest BCUT2D eigenvalue weighted by atomic mass is 10.1. The maximum absolute atomic E-state index is 3.65. The van der Waals surface area contributed by atoms with E-state index in [1.165, 1.54) is 36.9 Å². The molecule has 118 valence electrons. The highest BCUT2D eigenvalue weighted by molar-refractivity contribution is 5.46. The standard InChI is InChI=1S/C18H31N3/c1-15(16-9-11-17(12-10-16)20(2)3)19-13-14-21(4)18-7-5-6-8-18/h9-12,15,18-19H,5-8,13-14H2,1-4H3. The zero-order chi connectivity index (χ0) is 15.2. The summed E-state index contributed by atoms with van der Waals surface area (Å²) in [6.45, 7) is 4.45. The number of hydrogen-bond acceptors (Lipinski definition) is 3. The maximum atomic E-state index is 3.65. The molecule has 0 radical (unpaired) electrons. The second-order valence-electron chi connectivity index (χ2n) is 6.58. The van der Waals surface area contributed by atoms with Gasteiger partial charge in [-0.2, -0.15) is 0 Å². The average Bonchev–Trinajstić information content (AvgIpc) is 3.01. The highest BCUT2D eigenvalue weighted by atomic mass is 15.1. The van der Waals surface area contributed by atoms with E-state index in [0.29, 0.717) is 6.04 Å². The molecule has 0 spiro atoms. The van der Waals surface area contributed by atoms with Crippen molar-refractivity contribution < 1.29 is 0 Å². The number of likely N-dealkylation sites (N-methyl/N-ethyl adjacent to an activating group) is 1. The van der Waals surface area contributed by atoms with Gasteiger partial charge >= 0.3 is 0 Å². The van der Waals surface area contributed by atoms with Crippen LogP contribution in [0.5, 0.6) is 0 Å². The normalized spacial score (nSPS) is 17.4. The van der Waals surface area contributed by atoms with Gasteiger partial charge in [-0.1, -0.05) is 25.0 Å². The molecule has 0 saturated heterocycles. The Morgan fingerprint density at radius 2 is 1.71 bits per heavy atom. The van der Waals surface area contributed by atoms with Crippen molar-refractivity contribution in [2.75, 3.05) is 39.1 Å². The van der Waals surface area contributed by atoms with Crippen LogP contribution in [0.15, 0.2) is 24.3 Å². The SMILES string of the molecule is CC(NCCN(C)C1CCCC1)c1ccc(N(C)C)cc1. The third-order valence-electron chi connectivity index (χ3n) is 4.77. The Balaban J connectivity index is 1.74. The molecule has 1 fully saturated rings. The molecule has 1 N–H and O–H groups in total. The monoisotopic (exact) mass is 289 g/mol. The lowest BCUT2D eigenvalue weighted by molar-refractivity contribution is 0.243. The van der Waals surface area contributed by atoms with E-state index in [1.54, 1.807) is 0 Å². The highest BCUT2D eigenvalue weighted by Crippen LogP contribution is 2.22. The van der Waals surface area contributed by atoms with Gasteiger partial charge in [0.1, 0.15) is 0 Å². The van der Waals surface area contributed by atoms with Crippen molar-refractivity contribution in [1.82, 2.24) is 10.2 Å². The molecule has 0 heterocycles. The molecular formula is C18H31N3. The van der Waals surface area contributed by atoms with Crippen molar-refractivity contribution in [3.63, 3.8) is 0 Å². The molecule has 21 heavy (non-hydrogen) atoms. The van der Waals surface area contributed by atoms with Crippen LogP contribution in [0.2, 0.25) is 0 Å². The first-order valence-corrected chi connectivity index (χ1v) is 8.29. The van der Waals surface area contributed by atoms with E-state index in [4.69, 9.17) is 0 Å². The molecule has 1 atom stereocenters. The van der Waals surface area contributed by atoms with Gasteiger partial charge in [-0.25, -0.2) is 0 Å². The van der Waals surface area contributed by atoms with Crippen LogP contribution < -0.4 is 10.2 Å². The van der Waals surface area contributed by atoms with Crippen molar-refractivity contribution in [3.05, 3.63) is 29.8 Å². The number of hydrogen-bond donors (Lipinski definition) is 1. The average molecular weight is 289 g/mol. The van der Waals surface area contributed by atoms with Gasteiger partial charge in [-0.05, 0) is 44.5 Å². The molecule has 1 saturated carbocycles. The topological polar surface area (TPSA) is 18.5 Å². The van der Waals surface area contributed by atoms with Gasteiger partial charge in [0.05, 0.1) is 0 Å². The Hall–Kier alpha value is -1.06. The van der Waals surface area contributed by atoms with Gasteiger partial charge in [-0.15, -0.1) is 0 Å². The molecule has 1 aliphatic carbocycles. The summed E-state index contributed by atoms with van der Waals surface area (Å²) in [5.74, 6) is 0. The van der Waals surface area contributed by atoms with Crippen LogP contribution in [0.1, 0.15) is 44.2 Å². The van der Waals surface area contributed by atoms with Crippen LogP contribution in [0, 0.1) is 0 Å². The van der Waals surface area contributed by atoms with E-state index in [0.717, 1.165) is 19.1 Å². The van der Waals surface area contributed by atoms with Gasteiger partial charge in [-0.3, -0.25) is 0 Å². The number of nitrogens with zero attached hydrogens (tertiary/aromatic N) is 2. The molecular weight excluding hydrogens is 258 g/mol. The quantitative estimate of drug-likeness (QED) is 0.831. The van der Waals surface area contributed by atoms with E-state index in [-0.39, 0.29) is 0 Å². The smallest absolute Gasteiger partial charge is 0.0361 e. The van der Waals surface area contributed by atoms with Gasteiger partial charge in [0.2, 0.25) is 0 Å². The predicted octanol–water partition coefficient (Wildman–Crippen LogP) is 3.28. The fraction of sp³-hybridized carbons (Fsp3) is 0.667. The highest BCUT2D eigenvalue weighted by Gasteiger charge is 2.18. The zero-order valence-corrected chi connectivity index (χ0v) is 14.1. The summed E-state index contributed by atoms with van der Waals surface area (Å²) in [5.41, 5.74) is 2.62. The predicted molar refractivity (Wildman–Crippen MR) is 92.1 cm³/mol. The first-order valence-electron chi connectivity index (χ1n) is 8.29. The fourth-order valence-electron chi connectivity index (χ4n) is 3.16. The number of nitrogens with one attached hydrogen (secondary N) is 1. The Morgan fingerprint density at radius 1 is 1.10 bits per heavy atom. The summed E-state index contributed by atoms with van der Waals surface area (Å²) in [6.07, 6.45) is 5.60. The molecule has 3 nitrogen and oxygen atoms in total. The maximum Gasteiger partial charge on any atom is 0.0361 e. The Bertz CT molecular complexity index is 407. The first kappa shape index (κ1) is 16.3. The number of anilines is 1. The minimum Gasteiger partial charge on any atom is -0.378 e. The third kappa shape index (κ3) is 4.72. The van der Waals surface area contributed by atoms with Crippen molar-refractivity contribution in [2.45, 2.75) is 44.7 Å². The largest absolute Gasteiger partial charge is 0.378 e. The lowest BCUT2D eigenvalue weighted by Crippen LogP contribution is -2.36. The van der Waals surface area contributed by atoms with Crippen molar-refractivity contribution in [3.8, 4) is 0 Å². The molecule has 1 unspecified atom stereocenters. The van der Waals surface area contributed by atoms with Crippen molar-refractivity contribution in [2.24, 2.45) is 0 Å². The molecule has 0 bridgehead atoms. The minimum atomic E-state index is 0.415. The summed E-state index contributed by atoms with van der Waals surface area (Å²) < 4.78 is 0. The van der Waals surface area contributed by atoms with Gasteiger partial charge in [0.25, 0.3) is 0 Å². The van der Waals surface area contributed by atoms with Crippen LogP contribution >= 0.6 is 0 Å². The van der Waals surface area contributed by atoms with Crippen LogP contribution in [-0.2, 0) is 0 Å². The lowest BCUT2D eigenvalue weighted by Gasteiger charge is -2.25. The second-order valence-corrected chi connectivity index (χ2v) is 6.58. The number of rotatable bonds is 7. The molecule has 0 aliphatic heterocycles. The second kappa shape index (κ2) is 7.81. The molecule has 0 aromatic heterocycles. The van der Waals surface area contributed by atoms with Crippen LogP contribution in [0.25, 0.3) is 0 Å². The van der Waals surface area contributed by atoms with Crippen molar-refractivity contribution >= 4 is 5.69 Å². The number of benzene rings is 1. The summed E-state index contributed by atoms with van der Waals surface area (Å²) >= 11 is 0. The molecule has 1 aliphatic rings. The van der Waals surface area contributed by atoms with E-state index >= 15 is 0 Å². The summed E-state index contributed by atoms with van der Waals surface area (Å²) in [6, 6.07) is 10.1. The van der Waals surface area contributed by atoms with Crippen molar-refractivity contribution in [1.29, 1.82) is 0 Å². The molecule has 1 aromatic carbocycles. The van der Waals surface area contributed by atoms with Crippen LogP contribution in [0.4, 0.5) is 5.69 Å². The van der Waals surface area contributed by atoms with Gasteiger partial charge in [0.15, 0.2) is 0 Å². The van der Waals surface area contributed by atoms with E-state index in [9.17, 15) is 0 Å². The zero-order valence-electron chi connectivity index (χ0n) is 14.1. The van der Waals surface area contributed by atoms with Crippen LogP contribution in [0.3, 0.4) is 0 Å². The van der Waals surface area contributed by atoms with Crippen LogP contribution in [-0.4, -0.2) is 45.2 Å². The fourth-order valence-corrected chi connectivity index (χ4v) is 3.16. The minimum absolute atomic E-state index is 0.415. The van der Waals surface area contributed by atoms with E-state index in [2.05, 4.69) is 67.4 Å². The summed E-state index contributed by atoms with van der Waals surface area (Å²) in [4.78, 5) is 4.67. The van der Waals surface area contributed by atoms with Gasteiger partial charge < -0.3 is 15.1 Å². The van der Waals surface area contributed by atoms with E-state index in [1.807, 2.05) is 0 Å². The third-order valence-corrected chi connectivity index (χ3v) is 4.77. The Morgan fingerprint density at radius 3 is 2.29 bits per heavy atom. The summed E-state index contributed by atoms with van der Waals surface area (Å²) in [7, 11) is 6.43. The Kier molecular flexibility index (Phi) is 6.07. The van der Waals surface area contributed by atoms with E-state index < -0.39 is 0 Å². The summed E-state index contributed by atoms with van der Waals surface area (Å²) in [5, 5.41) is 3.65. The molecule has 0 amide bonds.